The van der Waals surface area contributed by atoms with Crippen molar-refractivity contribution in [3.8, 4) is 0 Å². The number of benzene rings is 1. The number of rotatable bonds is 3. The van der Waals surface area contributed by atoms with Crippen molar-refractivity contribution < 1.29 is 9.18 Å². The van der Waals surface area contributed by atoms with Crippen LogP contribution < -0.4 is 0 Å². The first-order valence-corrected chi connectivity index (χ1v) is 6.16. The Labute approximate surface area is 101 Å². The van der Waals surface area contributed by atoms with Gasteiger partial charge in [-0.25, -0.2) is 4.39 Å². The summed E-state index contributed by atoms with van der Waals surface area (Å²) < 4.78 is 12.7. The standard InChI is InChI=1S/C14H18FNO/c1-11-3-2-8-16(9-11)10-14(17)12-4-6-13(15)7-5-12/h4-7,11H,2-3,8-10H2,1H3. The number of hydrogen-bond donors (Lipinski definition) is 0. The normalized spacial score (nSPS) is 21.4. The minimum absolute atomic E-state index is 0.0825. The van der Waals surface area contributed by atoms with E-state index < -0.39 is 0 Å². The summed E-state index contributed by atoms with van der Waals surface area (Å²) in [4.78, 5) is 14.2. The molecule has 1 saturated heterocycles. The maximum absolute atomic E-state index is 12.7. The van der Waals surface area contributed by atoms with Crippen LogP contribution in [0.4, 0.5) is 4.39 Å². The second-order valence-electron chi connectivity index (χ2n) is 4.91. The molecule has 1 aliphatic heterocycles. The largest absolute Gasteiger partial charge is 0.296 e. The molecule has 0 spiro atoms. The third-order valence-corrected chi connectivity index (χ3v) is 3.27. The first-order valence-electron chi connectivity index (χ1n) is 6.16. The van der Waals surface area contributed by atoms with E-state index in [2.05, 4.69) is 11.8 Å². The Morgan fingerprint density at radius 3 is 2.76 bits per heavy atom. The van der Waals surface area contributed by atoms with Gasteiger partial charge in [-0.05, 0) is 49.6 Å². The van der Waals surface area contributed by atoms with Gasteiger partial charge in [0.05, 0.1) is 6.54 Å². The lowest BCUT2D eigenvalue weighted by Gasteiger charge is -2.30. The summed E-state index contributed by atoms with van der Waals surface area (Å²) in [6, 6.07) is 5.80. The molecule has 0 aromatic heterocycles. The van der Waals surface area contributed by atoms with Gasteiger partial charge in [0.25, 0.3) is 0 Å². The van der Waals surface area contributed by atoms with Gasteiger partial charge in [-0.2, -0.15) is 0 Å². The fourth-order valence-electron chi connectivity index (χ4n) is 2.36. The lowest BCUT2D eigenvalue weighted by molar-refractivity contribution is 0.0893. The van der Waals surface area contributed by atoms with Crippen molar-refractivity contribution in [3.05, 3.63) is 35.6 Å². The summed E-state index contributed by atoms with van der Waals surface area (Å²) in [5.74, 6) is 0.456. The Balaban J connectivity index is 1.94. The van der Waals surface area contributed by atoms with Crippen LogP contribution in [0.2, 0.25) is 0 Å². The lowest BCUT2D eigenvalue weighted by Crippen LogP contribution is -2.37. The molecule has 17 heavy (non-hydrogen) atoms. The number of piperidine rings is 1. The molecule has 3 heteroatoms. The van der Waals surface area contributed by atoms with Crippen molar-refractivity contribution in [1.82, 2.24) is 4.90 Å². The van der Waals surface area contributed by atoms with Crippen molar-refractivity contribution in [2.24, 2.45) is 5.92 Å². The minimum atomic E-state index is -0.298. The van der Waals surface area contributed by atoms with E-state index in [0.29, 0.717) is 18.0 Å². The molecule has 0 aliphatic carbocycles. The number of nitrogens with zero attached hydrogens (tertiary/aromatic N) is 1. The predicted octanol–water partition coefficient (Wildman–Crippen LogP) is 2.74. The molecule has 2 nitrogen and oxygen atoms in total. The Morgan fingerprint density at radius 2 is 2.12 bits per heavy atom. The summed E-state index contributed by atoms with van der Waals surface area (Å²) in [6.45, 7) is 4.66. The SMILES string of the molecule is CC1CCCN(CC(=O)c2ccc(F)cc2)C1. The topological polar surface area (TPSA) is 20.3 Å². The number of hydrogen-bond acceptors (Lipinski definition) is 2. The first-order chi connectivity index (χ1) is 8.15. The molecule has 1 atom stereocenters. The highest BCUT2D eigenvalue weighted by molar-refractivity contribution is 5.97. The van der Waals surface area contributed by atoms with E-state index in [1.165, 1.54) is 18.6 Å². The number of carbonyl (C=O) groups is 1. The molecule has 1 heterocycles. The first kappa shape index (κ1) is 12.2. The average Bonchev–Trinajstić information content (AvgIpc) is 2.29. The van der Waals surface area contributed by atoms with E-state index in [4.69, 9.17) is 0 Å². The van der Waals surface area contributed by atoms with E-state index in [-0.39, 0.29) is 11.6 Å². The third-order valence-electron chi connectivity index (χ3n) is 3.27. The van der Waals surface area contributed by atoms with Gasteiger partial charge in [0.15, 0.2) is 5.78 Å². The summed E-state index contributed by atoms with van der Waals surface area (Å²) >= 11 is 0. The van der Waals surface area contributed by atoms with Crippen LogP contribution in [0.5, 0.6) is 0 Å². The summed E-state index contributed by atoms with van der Waals surface area (Å²) in [7, 11) is 0. The zero-order valence-electron chi connectivity index (χ0n) is 10.2. The molecule has 1 aromatic carbocycles. The van der Waals surface area contributed by atoms with Gasteiger partial charge in [0, 0.05) is 12.1 Å². The van der Waals surface area contributed by atoms with Gasteiger partial charge in [-0.15, -0.1) is 0 Å². The van der Waals surface area contributed by atoms with Crippen LogP contribution in [0, 0.1) is 11.7 Å². The van der Waals surface area contributed by atoms with Crippen molar-refractivity contribution in [1.29, 1.82) is 0 Å². The highest BCUT2D eigenvalue weighted by atomic mass is 19.1. The molecule has 1 aliphatic rings. The molecular formula is C14H18FNO. The number of Topliss-reactive ketones (excluding diaryl/α,β-unsaturated/α-hetero) is 1. The molecule has 1 aromatic rings. The van der Waals surface area contributed by atoms with Gasteiger partial charge in [-0.3, -0.25) is 9.69 Å². The van der Waals surface area contributed by atoms with Crippen molar-refractivity contribution in [2.75, 3.05) is 19.6 Å². The molecule has 2 rings (SSSR count). The number of ketones is 1. The molecule has 1 unspecified atom stereocenters. The Morgan fingerprint density at radius 1 is 1.41 bits per heavy atom. The Kier molecular flexibility index (Phi) is 3.89. The van der Waals surface area contributed by atoms with E-state index >= 15 is 0 Å². The van der Waals surface area contributed by atoms with Crippen LogP contribution in [0.15, 0.2) is 24.3 Å². The Bertz CT molecular complexity index is 388. The van der Waals surface area contributed by atoms with Crippen molar-refractivity contribution in [3.63, 3.8) is 0 Å². The van der Waals surface area contributed by atoms with E-state index in [9.17, 15) is 9.18 Å². The van der Waals surface area contributed by atoms with Gasteiger partial charge in [0.1, 0.15) is 5.82 Å². The zero-order chi connectivity index (χ0) is 12.3. The molecular weight excluding hydrogens is 217 g/mol. The summed E-state index contributed by atoms with van der Waals surface area (Å²) in [5.41, 5.74) is 0.602. The summed E-state index contributed by atoms with van der Waals surface area (Å²) in [5, 5.41) is 0. The fraction of sp³-hybridized carbons (Fsp3) is 0.500. The average molecular weight is 235 g/mol. The van der Waals surface area contributed by atoms with Crippen LogP contribution >= 0.6 is 0 Å². The monoisotopic (exact) mass is 235 g/mol. The Hall–Kier alpha value is -1.22. The molecule has 0 amide bonds. The smallest absolute Gasteiger partial charge is 0.176 e. The number of likely N-dealkylation sites (tertiary alicyclic amines) is 1. The van der Waals surface area contributed by atoms with Crippen LogP contribution in [0.1, 0.15) is 30.1 Å². The highest BCUT2D eigenvalue weighted by Crippen LogP contribution is 2.16. The van der Waals surface area contributed by atoms with Crippen LogP contribution in [0.3, 0.4) is 0 Å². The maximum atomic E-state index is 12.7. The second-order valence-corrected chi connectivity index (χ2v) is 4.91. The molecule has 0 saturated carbocycles. The number of halogens is 1. The second kappa shape index (κ2) is 5.41. The van der Waals surface area contributed by atoms with Crippen molar-refractivity contribution in [2.45, 2.75) is 19.8 Å². The van der Waals surface area contributed by atoms with E-state index in [1.807, 2.05) is 0 Å². The number of carbonyl (C=O) groups excluding carboxylic acids is 1. The molecule has 0 N–H and O–H groups in total. The van der Waals surface area contributed by atoms with Crippen LogP contribution in [-0.4, -0.2) is 30.3 Å². The van der Waals surface area contributed by atoms with E-state index in [0.717, 1.165) is 19.5 Å². The lowest BCUT2D eigenvalue weighted by atomic mass is 9.99. The predicted molar refractivity (Wildman–Crippen MR) is 65.6 cm³/mol. The molecule has 0 bridgehead atoms. The van der Waals surface area contributed by atoms with Gasteiger partial charge in [0.2, 0.25) is 0 Å². The van der Waals surface area contributed by atoms with Crippen molar-refractivity contribution >= 4 is 5.78 Å². The van der Waals surface area contributed by atoms with Crippen LogP contribution in [-0.2, 0) is 0 Å². The molecule has 0 radical (unpaired) electrons. The van der Waals surface area contributed by atoms with Gasteiger partial charge < -0.3 is 0 Å². The fourth-order valence-corrected chi connectivity index (χ4v) is 2.36. The molecule has 92 valence electrons. The van der Waals surface area contributed by atoms with Crippen LogP contribution in [0.25, 0.3) is 0 Å². The van der Waals surface area contributed by atoms with E-state index in [1.54, 1.807) is 12.1 Å². The van der Waals surface area contributed by atoms with Gasteiger partial charge >= 0.3 is 0 Å². The molecule has 1 fully saturated rings. The zero-order valence-corrected chi connectivity index (χ0v) is 10.2. The summed E-state index contributed by atoms with van der Waals surface area (Å²) in [6.07, 6.45) is 2.42. The maximum Gasteiger partial charge on any atom is 0.176 e. The quantitative estimate of drug-likeness (QED) is 0.751. The highest BCUT2D eigenvalue weighted by Gasteiger charge is 2.19. The minimum Gasteiger partial charge on any atom is -0.296 e. The van der Waals surface area contributed by atoms with Gasteiger partial charge in [-0.1, -0.05) is 6.92 Å². The third kappa shape index (κ3) is 3.37.